The van der Waals surface area contributed by atoms with Gasteiger partial charge in [-0.1, -0.05) is 60.7 Å². The lowest BCUT2D eigenvalue weighted by Crippen LogP contribution is -2.54. The lowest BCUT2D eigenvalue weighted by molar-refractivity contribution is -0.157. The van der Waals surface area contributed by atoms with Gasteiger partial charge in [0.15, 0.2) is 5.54 Å². The first-order valence-corrected chi connectivity index (χ1v) is 11.4. The molecule has 0 amide bonds. The summed E-state index contributed by atoms with van der Waals surface area (Å²) in [5.41, 5.74) is 0.854. The first-order valence-electron chi connectivity index (χ1n) is 11.4. The molecule has 0 bridgehead atoms. The number of carbonyl (C=O) groups is 3. The highest BCUT2D eigenvalue weighted by molar-refractivity contribution is 6.46. The van der Waals surface area contributed by atoms with Crippen LogP contribution in [-0.2, 0) is 23.9 Å². The highest BCUT2D eigenvalue weighted by Crippen LogP contribution is 2.49. The molecule has 3 rings (SSSR count). The molecule has 1 fully saturated rings. The number of hydrogen-bond donors (Lipinski definition) is 0. The van der Waals surface area contributed by atoms with Gasteiger partial charge in [0.2, 0.25) is 0 Å². The number of rotatable bonds is 7. The molecule has 33 heavy (non-hydrogen) atoms. The minimum Gasteiger partial charge on any atom is -0.466 e. The number of ketones is 1. The molecule has 2 aromatic carbocycles. The van der Waals surface area contributed by atoms with Gasteiger partial charge in [-0.25, -0.2) is 4.79 Å². The van der Waals surface area contributed by atoms with Gasteiger partial charge in [0, 0.05) is 11.1 Å². The number of esters is 2. The Balaban J connectivity index is 2.24. The van der Waals surface area contributed by atoms with Crippen LogP contribution < -0.4 is 0 Å². The fraction of sp³-hybridized carbons (Fsp3) is 0.360. The van der Waals surface area contributed by atoms with Gasteiger partial charge in [0.05, 0.1) is 24.2 Å². The molecular weight excluding hydrogens is 416 g/mol. The summed E-state index contributed by atoms with van der Waals surface area (Å²) in [6.07, 6.45) is 0.0484. The van der Waals surface area contributed by atoms with Crippen molar-refractivity contribution >= 4 is 39.1 Å². The molecule has 0 aromatic heterocycles. The molecule has 0 radical (unpaired) electrons. The zero-order chi connectivity index (χ0) is 24.1. The van der Waals surface area contributed by atoms with Crippen molar-refractivity contribution in [2.75, 3.05) is 13.2 Å². The predicted octanol–water partition coefficient (Wildman–Crippen LogP) is 1.97. The highest BCUT2D eigenvalue weighted by atomic mass is 16.5. The SMILES string of the molecule is BC1CC(N=C(c2ccccc2)c2ccccc2)(C(=O)OCC)CC(B)(C(=O)OCC)C1=O. The molecular formula is C25H29B2NO5. The van der Waals surface area contributed by atoms with Crippen LogP contribution in [0.2, 0.25) is 11.1 Å². The Morgan fingerprint density at radius 1 is 0.939 bits per heavy atom. The molecule has 0 heterocycles. The number of nitrogens with zero attached hydrogens (tertiary/aromatic N) is 1. The van der Waals surface area contributed by atoms with E-state index < -0.39 is 28.6 Å². The van der Waals surface area contributed by atoms with Crippen molar-refractivity contribution in [1.29, 1.82) is 0 Å². The van der Waals surface area contributed by atoms with Gasteiger partial charge in [-0.3, -0.25) is 14.6 Å². The summed E-state index contributed by atoms with van der Waals surface area (Å²) >= 11 is 0. The molecule has 0 saturated heterocycles. The summed E-state index contributed by atoms with van der Waals surface area (Å²) < 4.78 is 10.7. The second kappa shape index (κ2) is 10.2. The average molecular weight is 445 g/mol. The molecule has 3 unspecified atom stereocenters. The Labute approximate surface area is 196 Å². The summed E-state index contributed by atoms with van der Waals surface area (Å²) in [6, 6.07) is 19.1. The van der Waals surface area contributed by atoms with Crippen LogP contribution in [0.25, 0.3) is 0 Å². The highest BCUT2D eigenvalue weighted by Gasteiger charge is 2.58. The minimum atomic E-state index is -1.50. The lowest BCUT2D eigenvalue weighted by atomic mass is 9.49. The molecule has 0 aliphatic heterocycles. The van der Waals surface area contributed by atoms with E-state index in [1.165, 1.54) is 0 Å². The Morgan fingerprint density at radius 3 is 1.91 bits per heavy atom. The first kappa shape index (κ1) is 24.5. The van der Waals surface area contributed by atoms with Crippen LogP contribution in [0.15, 0.2) is 65.7 Å². The summed E-state index contributed by atoms with van der Waals surface area (Å²) in [5.74, 6) is -1.98. The lowest BCUT2D eigenvalue weighted by Gasteiger charge is -2.43. The third kappa shape index (κ3) is 4.95. The van der Waals surface area contributed by atoms with Crippen LogP contribution >= 0.6 is 0 Å². The van der Waals surface area contributed by atoms with E-state index in [9.17, 15) is 14.4 Å². The van der Waals surface area contributed by atoms with Gasteiger partial charge >= 0.3 is 11.9 Å². The molecule has 1 saturated carbocycles. The van der Waals surface area contributed by atoms with Gasteiger partial charge in [-0.2, -0.15) is 0 Å². The van der Waals surface area contributed by atoms with Gasteiger partial charge in [-0.05, 0) is 32.5 Å². The topological polar surface area (TPSA) is 82.0 Å². The smallest absolute Gasteiger partial charge is 0.334 e. The van der Waals surface area contributed by atoms with Crippen molar-refractivity contribution in [2.24, 2.45) is 4.99 Å². The Morgan fingerprint density at radius 2 is 1.42 bits per heavy atom. The number of benzene rings is 2. The molecule has 8 heteroatoms. The maximum atomic E-state index is 13.4. The Kier molecular flexibility index (Phi) is 7.57. The van der Waals surface area contributed by atoms with E-state index in [0.717, 1.165) is 11.1 Å². The van der Waals surface area contributed by atoms with E-state index in [4.69, 9.17) is 14.5 Å². The third-order valence-corrected chi connectivity index (χ3v) is 6.08. The summed E-state index contributed by atoms with van der Waals surface area (Å²) in [4.78, 5) is 44.6. The van der Waals surface area contributed by atoms with E-state index in [0.29, 0.717) is 5.71 Å². The van der Waals surface area contributed by atoms with Crippen LogP contribution in [0.1, 0.15) is 37.8 Å². The third-order valence-electron chi connectivity index (χ3n) is 6.08. The van der Waals surface area contributed by atoms with E-state index in [-0.39, 0.29) is 31.8 Å². The summed E-state index contributed by atoms with van der Waals surface area (Å²) in [6.45, 7) is 3.73. The van der Waals surface area contributed by atoms with Crippen LogP contribution in [0.4, 0.5) is 0 Å². The number of aliphatic imine (C=N–C) groups is 1. The van der Waals surface area contributed by atoms with Gasteiger partial charge < -0.3 is 9.47 Å². The molecule has 6 nitrogen and oxygen atoms in total. The van der Waals surface area contributed by atoms with E-state index >= 15 is 0 Å². The molecule has 1 aliphatic carbocycles. The molecule has 0 N–H and O–H groups in total. The van der Waals surface area contributed by atoms with E-state index in [1.54, 1.807) is 29.5 Å². The number of carbonyl (C=O) groups excluding carboxylic acids is 3. The Bertz CT molecular complexity index is 1000. The molecule has 3 atom stereocenters. The quantitative estimate of drug-likeness (QED) is 0.282. The average Bonchev–Trinajstić information content (AvgIpc) is 2.82. The minimum absolute atomic E-state index is 0.107. The summed E-state index contributed by atoms with van der Waals surface area (Å²) in [7, 11) is 3.28. The van der Waals surface area contributed by atoms with E-state index in [1.807, 2.05) is 60.7 Å². The molecule has 2 aromatic rings. The normalized spacial score (nSPS) is 24.5. The molecule has 170 valence electrons. The monoisotopic (exact) mass is 445 g/mol. The number of Topliss-reactive ketones (excluding diaryl/α,β-unsaturated/α-hetero) is 1. The fourth-order valence-electron chi connectivity index (χ4n) is 4.60. The van der Waals surface area contributed by atoms with Crippen LogP contribution in [0.3, 0.4) is 0 Å². The first-order chi connectivity index (χ1) is 15.8. The van der Waals surface area contributed by atoms with Gasteiger partial charge in [-0.15, -0.1) is 0 Å². The number of hydrogen-bond acceptors (Lipinski definition) is 6. The zero-order valence-corrected chi connectivity index (χ0v) is 19.7. The standard InChI is InChI=1S/C25H29B2NO5/c1-3-32-22(30)24(15-19(26)21(29)25(27,16-24)23(31)33-4-2)28-20(17-11-7-5-8-12-17)18-13-9-6-10-14-18/h5-14,19H,3-4,15-16,26-27H2,1-2H3. The van der Waals surface area contributed by atoms with Gasteiger partial charge in [0.25, 0.3) is 0 Å². The van der Waals surface area contributed by atoms with Crippen LogP contribution in [0.5, 0.6) is 0 Å². The van der Waals surface area contributed by atoms with Crippen LogP contribution in [-0.4, -0.2) is 57.9 Å². The largest absolute Gasteiger partial charge is 0.466 e. The Hall–Kier alpha value is -3.15. The zero-order valence-electron chi connectivity index (χ0n) is 19.7. The van der Waals surface area contributed by atoms with Crippen molar-refractivity contribution in [3.8, 4) is 0 Å². The summed E-state index contributed by atoms with van der Waals surface area (Å²) in [5, 5.41) is -1.50. The van der Waals surface area contributed by atoms with Crippen molar-refractivity contribution in [2.45, 2.75) is 43.4 Å². The van der Waals surface area contributed by atoms with Crippen molar-refractivity contribution in [3.05, 3.63) is 71.8 Å². The second-order valence-corrected chi connectivity index (χ2v) is 8.64. The van der Waals surface area contributed by atoms with Crippen molar-refractivity contribution in [3.63, 3.8) is 0 Å². The fourth-order valence-corrected chi connectivity index (χ4v) is 4.60. The van der Waals surface area contributed by atoms with Gasteiger partial charge in [0.1, 0.15) is 21.5 Å². The molecule has 0 spiro atoms. The van der Waals surface area contributed by atoms with Crippen molar-refractivity contribution in [1.82, 2.24) is 0 Å². The predicted molar refractivity (Wildman–Crippen MR) is 132 cm³/mol. The maximum Gasteiger partial charge on any atom is 0.334 e. The molecule has 1 aliphatic rings. The number of ether oxygens (including phenoxy) is 2. The van der Waals surface area contributed by atoms with E-state index in [2.05, 4.69) is 0 Å². The van der Waals surface area contributed by atoms with Crippen molar-refractivity contribution < 1.29 is 23.9 Å². The second-order valence-electron chi connectivity index (χ2n) is 8.64. The maximum absolute atomic E-state index is 13.4. The van der Waals surface area contributed by atoms with Crippen LogP contribution in [0, 0.1) is 0 Å².